The molecule has 0 amide bonds. The van der Waals surface area contributed by atoms with Gasteiger partial charge in [0.2, 0.25) is 0 Å². The predicted molar refractivity (Wildman–Crippen MR) is 54.9 cm³/mol. The lowest BCUT2D eigenvalue weighted by molar-refractivity contribution is 0.439. The highest BCUT2D eigenvalue weighted by molar-refractivity contribution is 5.40. The van der Waals surface area contributed by atoms with Crippen molar-refractivity contribution < 1.29 is 9.84 Å². The summed E-state index contributed by atoms with van der Waals surface area (Å²) in [6.45, 7) is 0. The summed E-state index contributed by atoms with van der Waals surface area (Å²) < 4.78 is 5.33. The second-order valence-electron chi connectivity index (χ2n) is 2.96. The number of aromatic hydroxyl groups is 1. The molecule has 0 aliphatic rings. The SMILES string of the molecule is N#Cc1ccnnc1Oc1cccc(O)c1. The number of ether oxygens (including phenoxy) is 1. The highest BCUT2D eigenvalue weighted by Crippen LogP contribution is 2.24. The van der Waals surface area contributed by atoms with E-state index < -0.39 is 0 Å². The number of benzene rings is 1. The Labute approximate surface area is 91.6 Å². The number of rotatable bonds is 2. The van der Waals surface area contributed by atoms with Gasteiger partial charge >= 0.3 is 0 Å². The molecule has 16 heavy (non-hydrogen) atoms. The molecule has 0 aliphatic heterocycles. The maximum absolute atomic E-state index is 9.24. The molecule has 0 fully saturated rings. The van der Waals surface area contributed by atoms with E-state index in [1.165, 1.54) is 24.4 Å². The van der Waals surface area contributed by atoms with Crippen LogP contribution < -0.4 is 4.74 Å². The fourth-order valence-corrected chi connectivity index (χ4v) is 1.14. The first-order valence-corrected chi connectivity index (χ1v) is 4.48. The molecule has 1 aromatic carbocycles. The molecular formula is C11H7N3O2. The summed E-state index contributed by atoms with van der Waals surface area (Å²) in [6, 6.07) is 9.67. The lowest BCUT2D eigenvalue weighted by Crippen LogP contribution is -1.93. The van der Waals surface area contributed by atoms with Crippen molar-refractivity contribution in [2.24, 2.45) is 0 Å². The molecule has 2 aromatic rings. The van der Waals surface area contributed by atoms with Gasteiger partial charge in [-0.2, -0.15) is 10.4 Å². The number of aromatic nitrogens is 2. The molecule has 2 rings (SSSR count). The largest absolute Gasteiger partial charge is 0.508 e. The molecule has 5 heteroatoms. The molecular weight excluding hydrogens is 206 g/mol. The quantitative estimate of drug-likeness (QED) is 0.823. The van der Waals surface area contributed by atoms with Crippen LogP contribution in [0.5, 0.6) is 17.4 Å². The van der Waals surface area contributed by atoms with Crippen LogP contribution in [0.1, 0.15) is 5.56 Å². The van der Waals surface area contributed by atoms with E-state index in [1.54, 1.807) is 12.1 Å². The Kier molecular flexibility index (Phi) is 2.65. The second kappa shape index (κ2) is 4.28. The number of hydrogen-bond donors (Lipinski definition) is 1. The Morgan fingerprint density at radius 1 is 1.31 bits per heavy atom. The van der Waals surface area contributed by atoms with E-state index >= 15 is 0 Å². The van der Waals surface area contributed by atoms with Crippen LogP contribution in [0, 0.1) is 11.3 Å². The minimum Gasteiger partial charge on any atom is -0.508 e. The molecule has 0 saturated carbocycles. The van der Waals surface area contributed by atoms with Gasteiger partial charge < -0.3 is 9.84 Å². The molecule has 0 unspecified atom stereocenters. The number of nitriles is 1. The second-order valence-corrected chi connectivity index (χ2v) is 2.96. The summed E-state index contributed by atoms with van der Waals surface area (Å²) in [4.78, 5) is 0. The third-order valence-electron chi connectivity index (χ3n) is 1.84. The maximum atomic E-state index is 9.24. The zero-order valence-corrected chi connectivity index (χ0v) is 8.16. The molecule has 0 radical (unpaired) electrons. The number of nitrogens with zero attached hydrogens (tertiary/aromatic N) is 3. The van der Waals surface area contributed by atoms with Gasteiger partial charge in [-0.25, -0.2) is 0 Å². The van der Waals surface area contributed by atoms with Gasteiger partial charge in [-0.3, -0.25) is 0 Å². The lowest BCUT2D eigenvalue weighted by Gasteiger charge is -2.04. The maximum Gasteiger partial charge on any atom is 0.256 e. The van der Waals surface area contributed by atoms with E-state index in [9.17, 15) is 5.11 Å². The fraction of sp³-hybridized carbons (Fsp3) is 0. The molecule has 1 aromatic heterocycles. The van der Waals surface area contributed by atoms with Crippen molar-refractivity contribution in [3.8, 4) is 23.4 Å². The third kappa shape index (κ3) is 2.07. The van der Waals surface area contributed by atoms with Gasteiger partial charge in [0, 0.05) is 6.07 Å². The summed E-state index contributed by atoms with van der Waals surface area (Å²) in [5.41, 5.74) is 0.290. The van der Waals surface area contributed by atoms with Crippen LogP contribution in [-0.2, 0) is 0 Å². The first-order chi connectivity index (χ1) is 7.79. The monoisotopic (exact) mass is 213 g/mol. The summed E-state index contributed by atoms with van der Waals surface area (Å²) in [7, 11) is 0. The van der Waals surface area contributed by atoms with Crippen molar-refractivity contribution in [2.75, 3.05) is 0 Å². The highest BCUT2D eigenvalue weighted by atomic mass is 16.5. The normalized spacial score (nSPS) is 9.44. The number of phenols is 1. The van der Waals surface area contributed by atoms with E-state index in [0.29, 0.717) is 11.3 Å². The Hall–Kier alpha value is -2.61. The van der Waals surface area contributed by atoms with Gasteiger partial charge in [-0.1, -0.05) is 6.07 Å². The molecule has 1 heterocycles. The van der Waals surface area contributed by atoms with Gasteiger partial charge in [0.05, 0.1) is 6.20 Å². The van der Waals surface area contributed by atoms with Gasteiger partial charge in [-0.15, -0.1) is 5.10 Å². The number of phenolic OH excluding ortho intramolecular Hbond substituents is 1. The average Bonchev–Trinajstić information content (AvgIpc) is 2.30. The van der Waals surface area contributed by atoms with Crippen LogP contribution >= 0.6 is 0 Å². The van der Waals surface area contributed by atoms with Crippen LogP contribution in [0.3, 0.4) is 0 Å². The first-order valence-electron chi connectivity index (χ1n) is 4.48. The molecule has 78 valence electrons. The summed E-state index contributed by atoms with van der Waals surface area (Å²) in [5.74, 6) is 0.604. The summed E-state index contributed by atoms with van der Waals surface area (Å²) in [5, 5.41) is 25.4. The molecule has 5 nitrogen and oxygen atoms in total. The van der Waals surface area contributed by atoms with E-state index in [-0.39, 0.29) is 11.6 Å². The Balaban J connectivity index is 2.31. The van der Waals surface area contributed by atoms with Crippen molar-refractivity contribution in [3.63, 3.8) is 0 Å². The van der Waals surface area contributed by atoms with Crippen molar-refractivity contribution in [2.45, 2.75) is 0 Å². The van der Waals surface area contributed by atoms with Crippen LogP contribution in [0.15, 0.2) is 36.5 Å². The Bertz CT molecular complexity index is 549. The minimum atomic E-state index is 0.0832. The van der Waals surface area contributed by atoms with Crippen LogP contribution in [-0.4, -0.2) is 15.3 Å². The Morgan fingerprint density at radius 3 is 2.94 bits per heavy atom. The van der Waals surface area contributed by atoms with Gasteiger partial charge in [-0.05, 0) is 18.2 Å². The average molecular weight is 213 g/mol. The van der Waals surface area contributed by atoms with Gasteiger partial charge in [0.25, 0.3) is 5.88 Å². The molecule has 0 atom stereocenters. The lowest BCUT2D eigenvalue weighted by atomic mass is 10.3. The van der Waals surface area contributed by atoms with E-state index in [1.807, 2.05) is 6.07 Å². The zero-order valence-electron chi connectivity index (χ0n) is 8.16. The van der Waals surface area contributed by atoms with Crippen molar-refractivity contribution in [1.82, 2.24) is 10.2 Å². The standard InChI is InChI=1S/C11H7N3O2/c12-7-8-4-5-13-14-11(8)16-10-3-1-2-9(15)6-10/h1-6,15H. The summed E-state index contributed by atoms with van der Waals surface area (Å²) in [6.07, 6.45) is 1.41. The summed E-state index contributed by atoms with van der Waals surface area (Å²) >= 11 is 0. The fourth-order valence-electron chi connectivity index (χ4n) is 1.14. The molecule has 0 saturated heterocycles. The van der Waals surface area contributed by atoms with Gasteiger partial charge in [0.15, 0.2) is 0 Å². The minimum absolute atomic E-state index is 0.0832. The van der Waals surface area contributed by atoms with Crippen molar-refractivity contribution >= 4 is 0 Å². The van der Waals surface area contributed by atoms with E-state index in [0.717, 1.165) is 0 Å². The third-order valence-corrected chi connectivity index (χ3v) is 1.84. The topological polar surface area (TPSA) is 79.0 Å². The van der Waals surface area contributed by atoms with Crippen LogP contribution in [0.25, 0.3) is 0 Å². The Morgan fingerprint density at radius 2 is 2.19 bits per heavy atom. The highest BCUT2D eigenvalue weighted by Gasteiger charge is 2.06. The van der Waals surface area contributed by atoms with Crippen molar-refractivity contribution in [3.05, 3.63) is 42.1 Å². The van der Waals surface area contributed by atoms with Crippen molar-refractivity contribution in [1.29, 1.82) is 5.26 Å². The predicted octanol–water partition coefficient (Wildman–Crippen LogP) is 1.85. The smallest absolute Gasteiger partial charge is 0.256 e. The van der Waals surface area contributed by atoms with Crippen LogP contribution in [0.2, 0.25) is 0 Å². The zero-order chi connectivity index (χ0) is 11.4. The first kappa shape index (κ1) is 9.93. The molecule has 0 aliphatic carbocycles. The number of hydrogen-bond acceptors (Lipinski definition) is 5. The molecule has 1 N–H and O–H groups in total. The van der Waals surface area contributed by atoms with Crippen LogP contribution in [0.4, 0.5) is 0 Å². The molecule has 0 bridgehead atoms. The van der Waals surface area contributed by atoms with E-state index in [2.05, 4.69) is 10.2 Å². The molecule has 0 spiro atoms. The van der Waals surface area contributed by atoms with Gasteiger partial charge in [0.1, 0.15) is 23.1 Å². The van der Waals surface area contributed by atoms with E-state index in [4.69, 9.17) is 10.00 Å².